The number of aliphatic imine (C=N–C) groups is 1. The van der Waals surface area contributed by atoms with Gasteiger partial charge in [0.2, 0.25) is 0 Å². The number of pyridine rings is 1. The number of hydrogen-bond donors (Lipinski definition) is 3. The second-order valence-corrected chi connectivity index (χ2v) is 7.36. The summed E-state index contributed by atoms with van der Waals surface area (Å²) in [6.45, 7) is 1.72. The molecule has 0 radical (unpaired) electrons. The van der Waals surface area contributed by atoms with Crippen molar-refractivity contribution in [2.24, 2.45) is 4.99 Å². The van der Waals surface area contributed by atoms with E-state index in [1.54, 1.807) is 31.9 Å². The van der Waals surface area contributed by atoms with Gasteiger partial charge in [0.1, 0.15) is 18.4 Å². The predicted octanol–water partition coefficient (Wildman–Crippen LogP) is 2.21. The van der Waals surface area contributed by atoms with E-state index in [1.807, 2.05) is 47.4 Å². The van der Waals surface area contributed by atoms with Gasteiger partial charge in [-0.3, -0.25) is 4.98 Å². The highest BCUT2D eigenvalue weighted by Crippen LogP contribution is 2.40. The summed E-state index contributed by atoms with van der Waals surface area (Å²) < 4.78 is 7.28. The number of aliphatic hydroxyl groups excluding tert-OH is 2. The maximum absolute atomic E-state index is 10.4. The normalized spacial score (nSPS) is 27.8. The molecule has 5 rings (SSSR count). The first-order valence-electron chi connectivity index (χ1n) is 9.76. The van der Waals surface area contributed by atoms with E-state index >= 15 is 0 Å². The summed E-state index contributed by atoms with van der Waals surface area (Å²) in [5, 5.41) is 28.4. The molecular formula is C21H22N6O3. The number of aromatic nitrogens is 3. The number of aliphatic hydroxyl groups is 2. The predicted molar refractivity (Wildman–Crippen MR) is 111 cm³/mol. The first-order valence-corrected chi connectivity index (χ1v) is 9.76. The molecule has 154 valence electrons. The van der Waals surface area contributed by atoms with Crippen LogP contribution >= 0.6 is 0 Å². The van der Waals surface area contributed by atoms with Gasteiger partial charge in [0.05, 0.1) is 29.9 Å². The van der Waals surface area contributed by atoms with Crippen molar-refractivity contribution < 1.29 is 14.9 Å². The molecule has 0 aliphatic carbocycles. The molecule has 0 amide bonds. The molecule has 1 unspecified atom stereocenters. The molecule has 1 saturated heterocycles. The van der Waals surface area contributed by atoms with Crippen LogP contribution in [0.5, 0.6) is 0 Å². The first kappa shape index (κ1) is 18.7. The van der Waals surface area contributed by atoms with Crippen molar-refractivity contribution in [1.29, 1.82) is 0 Å². The van der Waals surface area contributed by atoms with Gasteiger partial charge in [-0.2, -0.15) is 5.10 Å². The number of nitrogens with one attached hydrogen (secondary N) is 1. The van der Waals surface area contributed by atoms with Crippen LogP contribution in [0.25, 0.3) is 0 Å². The molecule has 9 heteroatoms. The average molecular weight is 406 g/mol. The highest BCUT2D eigenvalue weighted by Gasteiger charge is 2.43. The van der Waals surface area contributed by atoms with Crippen molar-refractivity contribution in [1.82, 2.24) is 14.8 Å². The van der Waals surface area contributed by atoms with Gasteiger partial charge >= 0.3 is 0 Å². The maximum Gasteiger partial charge on any atom is 0.181 e. The molecule has 30 heavy (non-hydrogen) atoms. The van der Waals surface area contributed by atoms with E-state index in [4.69, 9.17) is 4.74 Å². The Morgan fingerprint density at radius 3 is 2.57 bits per heavy atom. The Bertz CT molecular complexity index is 1040. The second kappa shape index (κ2) is 7.52. The Hall–Kier alpha value is -3.27. The molecule has 3 aromatic rings. The Balaban J connectivity index is 1.55. The SMILES string of the molecule is C[C@H]1O[C@@H](n2ncc3c2N=CN(c2ccccc2)C3Nc2cccnc2)[C@@H](O)[C@H]1O. The molecule has 4 heterocycles. The monoisotopic (exact) mass is 406 g/mol. The molecule has 9 nitrogen and oxygen atoms in total. The van der Waals surface area contributed by atoms with Gasteiger partial charge in [-0.25, -0.2) is 9.67 Å². The van der Waals surface area contributed by atoms with Crippen molar-refractivity contribution >= 4 is 23.5 Å². The van der Waals surface area contributed by atoms with Crippen LogP contribution in [0.1, 0.15) is 24.9 Å². The van der Waals surface area contributed by atoms with Gasteiger partial charge in [0, 0.05) is 18.1 Å². The standard InChI is InChI=1S/C21H22N6O3/c1-13-17(28)18(29)21(30-13)27-19-16(11-24-27)20(25-14-6-5-9-22-10-14)26(12-23-19)15-7-3-2-4-8-15/h2-13,17-18,20-21,25,28-29H,1H3/t13-,17+,18+,20?,21-/m1/s1. The van der Waals surface area contributed by atoms with Gasteiger partial charge < -0.3 is 25.2 Å². The molecule has 0 spiro atoms. The van der Waals surface area contributed by atoms with Crippen LogP contribution in [0.2, 0.25) is 0 Å². The third-order valence-electron chi connectivity index (χ3n) is 5.41. The summed E-state index contributed by atoms with van der Waals surface area (Å²) >= 11 is 0. The van der Waals surface area contributed by atoms with Crippen molar-refractivity contribution in [2.75, 3.05) is 10.2 Å². The van der Waals surface area contributed by atoms with Crippen LogP contribution in [-0.2, 0) is 4.74 Å². The number of benzene rings is 1. The average Bonchev–Trinajstić information content (AvgIpc) is 3.32. The largest absolute Gasteiger partial charge is 0.388 e. The summed E-state index contributed by atoms with van der Waals surface area (Å²) in [5.41, 5.74) is 2.62. The zero-order valence-electron chi connectivity index (χ0n) is 16.3. The third kappa shape index (κ3) is 3.13. The fourth-order valence-electron chi connectivity index (χ4n) is 3.81. The van der Waals surface area contributed by atoms with Gasteiger partial charge in [0.25, 0.3) is 0 Å². The number of anilines is 2. The molecule has 1 fully saturated rings. The van der Waals surface area contributed by atoms with Gasteiger partial charge in [0.15, 0.2) is 12.0 Å². The summed E-state index contributed by atoms with van der Waals surface area (Å²) in [4.78, 5) is 10.8. The number of para-hydroxylation sites is 1. The summed E-state index contributed by atoms with van der Waals surface area (Å²) in [7, 11) is 0. The summed E-state index contributed by atoms with van der Waals surface area (Å²) in [6, 6.07) is 13.7. The van der Waals surface area contributed by atoms with Gasteiger partial charge in [-0.1, -0.05) is 18.2 Å². The quantitative estimate of drug-likeness (QED) is 0.610. The zero-order valence-corrected chi connectivity index (χ0v) is 16.3. The van der Waals surface area contributed by atoms with E-state index in [9.17, 15) is 10.2 Å². The van der Waals surface area contributed by atoms with E-state index < -0.39 is 24.5 Å². The minimum atomic E-state index is -1.09. The molecule has 2 aromatic heterocycles. The van der Waals surface area contributed by atoms with Crippen LogP contribution in [0.4, 0.5) is 17.2 Å². The first-order chi connectivity index (χ1) is 14.6. The lowest BCUT2D eigenvalue weighted by Gasteiger charge is -2.33. The van der Waals surface area contributed by atoms with Crippen molar-refractivity contribution in [3.8, 4) is 0 Å². The minimum Gasteiger partial charge on any atom is -0.388 e. The molecule has 3 N–H and O–H groups in total. The van der Waals surface area contributed by atoms with Crippen molar-refractivity contribution in [2.45, 2.75) is 37.6 Å². The van der Waals surface area contributed by atoms with Crippen molar-refractivity contribution in [3.63, 3.8) is 0 Å². The lowest BCUT2D eigenvalue weighted by atomic mass is 10.1. The van der Waals surface area contributed by atoms with Crippen LogP contribution < -0.4 is 10.2 Å². The molecule has 2 aliphatic heterocycles. The highest BCUT2D eigenvalue weighted by molar-refractivity contribution is 5.85. The van der Waals surface area contributed by atoms with E-state index in [2.05, 4.69) is 20.4 Å². The van der Waals surface area contributed by atoms with E-state index in [1.165, 1.54) is 4.68 Å². The molecule has 0 bridgehead atoms. The molecule has 5 atom stereocenters. The van der Waals surface area contributed by atoms with Gasteiger partial charge in [-0.15, -0.1) is 0 Å². The number of nitrogens with zero attached hydrogens (tertiary/aromatic N) is 5. The lowest BCUT2D eigenvalue weighted by molar-refractivity contribution is -0.0385. The summed E-state index contributed by atoms with van der Waals surface area (Å²) in [5.74, 6) is 0.564. The minimum absolute atomic E-state index is 0.307. The molecule has 1 aromatic carbocycles. The van der Waals surface area contributed by atoms with E-state index in [-0.39, 0.29) is 6.17 Å². The molecule has 0 saturated carbocycles. The topological polar surface area (TPSA) is 108 Å². The number of fused-ring (bicyclic) bond motifs is 1. The van der Waals surface area contributed by atoms with Crippen LogP contribution in [-0.4, -0.2) is 49.6 Å². The highest BCUT2D eigenvalue weighted by atomic mass is 16.6. The Kier molecular flexibility index (Phi) is 4.70. The smallest absolute Gasteiger partial charge is 0.181 e. The van der Waals surface area contributed by atoms with E-state index in [0.29, 0.717) is 5.82 Å². The fourth-order valence-corrected chi connectivity index (χ4v) is 3.81. The number of hydrogen-bond acceptors (Lipinski definition) is 8. The summed E-state index contributed by atoms with van der Waals surface area (Å²) in [6.07, 6.45) is 3.23. The molecular weight excluding hydrogens is 384 g/mol. The molecule has 2 aliphatic rings. The van der Waals surface area contributed by atoms with Gasteiger partial charge in [-0.05, 0) is 31.2 Å². The number of ether oxygens (including phenoxy) is 1. The Morgan fingerprint density at radius 2 is 1.87 bits per heavy atom. The Morgan fingerprint density at radius 1 is 1.03 bits per heavy atom. The van der Waals surface area contributed by atoms with Crippen LogP contribution in [0.15, 0.2) is 66.0 Å². The van der Waals surface area contributed by atoms with E-state index in [0.717, 1.165) is 16.9 Å². The Labute approximate surface area is 173 Å². The van der Waals surface area contributed by atoms with Crippen molar-refractivity contribution in [3.05, 3.63) is 66.6 Å². The second-order valence-electron chi connectivity index (χ2n) is 7.36. The lowest BCUT2D eigenvalue weighted by Crippen LogP contribution is -2.35. The van der Waals surface area contributed by atoms with Crippen LogP contribution in [0.3, 0.4) is 0 Å². The fraction of sp³-hybridized carbons (Fsp3) is 0.286. The van der Waals surface area contributed by atoms with Crippen LogP contribution in [0, 0.1) is 0 Å². The maximum atomic E-state index is 10.4. The third-order valence-corrected chi connectivity index (χ3v) is 5.41. The zero-order chi connectivity index (χ0) is 20.7. The number of rotatable bonds is 4.